The molecule has 11 nitrogen and oxygen atoms in total. The number of nitrogens with zero attached hydrogens (tertiary/aromatic N) is 1. The van der Waals surface area contributed by atoms with E-state index in [-0.39, 0.29) is 32.0 Å². The molecule has 1 N–H and O–H groups in total. The van der Waals surface area contributed by atoms with E-state index in [1.807, 2.05) is 45.4 Å². The fraction of sp³-hybridized carbons (Fsp3) is 0.729. The lowest BCUT2D eigenvalue weighted by Crippen LogP contribution is -2.37. The number of rotatable bonds is 38. The molecule has 0 aromatic heterocycles. The van der Waals surface area contributed by atoms with Gasteiger partial charge in [-0.3, -0.25) is 18.9 Å². The summed E-state index contributed by atoms with van der Waals surface area (Å²) < 4.78 is 33.9. The molecule has 1 amide bonds. The SMILES string of the molecule is CCCCCCCCCCCCCCCC(=O)OC[C@H](COP(=O)([O-])OCC[N+](C)(C)C)OC(=O)CCCCCCCCCCCNC(=O)Cc1cccc2ccccc12. The Bertz CT molecular complexity index is 1490. The summed E-state index contributed by atoms with van der Waals surface area (Å²) in [5.74, 6) is -0.822. The molecule has 0 heterocycles. The van der Waals surface area contributed by atoms with Crippen molar-refractivity contribution in [2.75, 3.05) is 54.1 Å². The molecule has 12 heteroatoms. The van der Waals surface area contributed by atoms with Gasteiger partial charge in [-0.05, 0) is 35.6 Å². The van der Waals surface area contributed by atoms with E-state index in [9.17, 15) is 23.8 Å². The number of fused-ring (bicyclic) bond motifs is 1. The molecular weight excluding hydrogens is 780 g/mol. The van der Waals surface area contributed by atoms with Crippen LogP contribution in [0.25, 0.3) is 10.8 Å². The van der Waals surface area contributed by atoms with E-state index in [1.54, 1.807) is 0 Å². The number of carbonyl (C=O) groups excluding carboxylic acids is 3. The Morgan fingerprint density at radius 2 is 1.17 bits per heavy atom. The first-order chi connectivity index (χ1) is 28.9. The van der Waals surface area contributed by atoms with Crippen LogP contribution < -0.4 is 10.2 Å². The van der Waals surface area contributed by atoms with Gasteiger partial charge in [0.15, 0.2) is 6.10 Å². The van der Waals surface area contributed by atoms with Crippen LogP contribution in [-0.2, 0) is 43.9 Å². The Morgan fingerprint density at radius 1 is 0.650 bits per heavy atom. The standard InChI is InChI=1S/C48H81N2O9P/c1-5-6-7-8-9-10-11-12-13-15-18-21-24-34-47(52)56-40-44(41-58-60(54,55)57-38-37-50(2,3)4)59-48(53)35-25-22-19-16-14-17-20-23-28-36-49-46(51)39-43-32-29-31-42-30-26-27-33-45(42)43/h26-27,29-33,44H,5-25,28,34-41H2,1-4H3,(H-,49,51,54,55)/t44-/m1/s1. The Kier molecular flexibility index (Phi) is 29.2. The van der Waals surface area contributed by atoms with Crippen molar-refractivity contribution in [2.24, 2.45) is 0 Å². The molecule has 2 rings (SSSR count). The Labute approximate surface area is 363 Å². The van der Waals surface area contributed by atoms with E-state index in [0.29, 0.717) is 30.4 Å². The second-order valence-electron chi connectivity index (χ2n) is 17.5. The summed E-state index contributed by atoms with van der Waals surface area (Å²) in [5.41, 5.74) is 1.05. The van der Waals surface area contributed by atoms with Crippen molar-refractivity contribution in [2.45, 2.75) is 174 Å². The molecule has 2 aromatic rings. The summed E-state index contributed by atoms with van der Waals surface area (Å²) in [7, 11) is 1.12. The minimum absolute atomic E-state index is 0.0454. The van der Waals surface area contributed by atoms with E-state index >= 15 is 0 Å². The Balaban J connectivity index is 1.58. The third-order valence-electron chi connectivity index (χ3n) is 10.8. The van der Waals surface area contributed by atoms with E-state index in [4.69, 9.17) is 18.5 Å². The lowest BCUT2D eigenvalue weighted by atomic mass is 10.0. The predicted octanol–water partition coefficient (Wildman–Crippen LogP) is 10.5. The number of phosphoric ester groups is 1. The topological polar surface area (TPSA) is 140 Å². The number of amides is 1. The van der Waals surface area contributed by atoms with Crippen LogP contribution in [0.2, 0.25) is 0 Å². The van der Waals surface area contributed by atoms with Gasteiger partial charge >= 0.3 is 11.9 Å². The maximum atomic E-state index is 12.7. The van der Waals surface area contributed by atoms with Gasteiger partial charge < -0.3 is 33.2 Å². The summed E-state index contributed by atoms with van der Waals surface area (Å²) in [6, 6.07) is 14.2. The summed E-state index contributed by atoms with van der Waals surface area (Å²) >= 11 is 0. The van der Waals surface area contributed by atoms with Crippen molar-refractivity contribution < 1.29 is 46.8 Å². The molecule has 60 heavy (non-hydrogen) atoms. The molecule has 0 aliphatic heterocycles. The van der Waals surface area contributed by atoms with Gasteiger partial charge in [-0.2, -0.15) is 0 Å². The zero-order valence-electron chi connectivity index (χ0n) is 37.9. The van der Waals surface area contributed by atoms with Gasteiger partial charge in [0.25, 0.3) is 7.82 Å². The monoisotopic (exact) mass is 861 g/mol. The first-order valence-corrected chi connectivity index (χ1v) is 24.8. The zero-order valence-corrected chi connectivity index (χ0v) is 38.8. The predicted molar refractivity (Wildman–Crippen MR) is 240 cm³/mol. The van der Waals surface area contributed by atoms with Crippen LogP contribution in [-0.4, -0.2) is 82.5 Å². The van der Waals surface area contributed by atoms with E-state index in [2.05, 4.69) is 30.4 Å². The number of hydrogen-bond donors (Lipinski definition) is 1. The number of nitrogens with one attached hydrogen (secondary N) is 1. The highest BCUT2D eigenvalue weighted by Crippen LogP contribution is 2.38. The molecule has 0 saturated heterocycles. The lowest BCUT2D eigenvalue weighted by molar-refractivity contribution is -0.870. The number of phosphoric acid groups is 1. The number of ether oxygens (including phenoxy) is 2. The van der Waals surface area contributed by atoms with Gasteiger partial charge in [0.1, 0.15) is 19.8 Å². The van der Waals surface area contributed by atoms with E-state index in [0.717, 1.165) is 87.0 Å². The first kappa shape index (κ1) is 53.3. The van der Waals surface area contributed by atoms with Crippen LogP contribution in [0.5, 0.6) is 0 Å². The van der Waals surface area contributed by atoms with Crippen molar-refractivity contribution >= 4 is 36.4 Å². The van der Waals surface area contributed by atoms with E-state index < -0.39 is 32.5 Å². The maximum Gasteiger partial charge on any atom is 0.306 e. The third-order valence-corrected chi connectivity index (χ3v) is 11.7. The summed E-state index contributed by atoms with van der Waals surface area (Å²) in [6.07, 6.45) is 24.6. The summed E-state index contributed by atoms with van der Waals surface area (Å²) in [4.78, 5) is 50.1. The highest BCUT2D eigenvalue weighted by atomic mass is 31.2. The average molecular weight is 861 g/mol. The number of carbonyl (C=O) groups is 3. The van der Waals surface area contributed by atoms with Crippen molar-refractivity contribution in [3.05, 3.63) is 48.0 Å². The zero-order chi connectivity index (χ0) is 43.7. The maximum absolute atomic E-state index is 12.7. The molecule has 2 aromatic carbocycles. The number of hydrogen-bond acceptors (Lipinski definition) is 9. The molecular formula is C48H81N2O9P. The molecule has 0 fully saturated rings. The summed E-state index contributed by atoms with van der Waals surface area (Å²) in [6.45, 7) is 2.58. The average Bonchev–Trinajstić information content (AvgIpc) is 3.20. The lowest BCUT2D eigenvalue weighted by Gasteiger charge is -2.28. The second-order valence-corrected chi connectivity index (χ2v) is 18.9. The van der Waals surface area contributed by atoms with Crippen molar-refractivity contribution in [1.29, 1.82) is 0 Å². The van der Waals surface area contributed by atoms with Crippen LogP contribution in [0.1, 0.15) is 167 Å². The third kappa shape index (κ3) is 28.7. The van der Waals surface area contributed by atoms with Gasteiger partial charge in [0.2, 0.25) is 5.91 Å². The van der Waals surface area contributed by atoms with Gasteiger partial charge in [-0.15, -0.1) is 0 Å². The van der Waals surface area contributed by atoms with Crippen LogP contribution in [0, 0.1) is 0 Å². The van der Waals surface area contributed by atoms with Crippen LogP contribution in [0.4, 0.5) is 0 Å². The Morgan fingerprint density at radius 3 is 1.75 bits per heavy atom. The smallest absolute Gasteiger partial charge is 0.306 e. The minimum Gasteiger partial charge on any atom is -0.756 e. The number of unbranched alkanes of at least 4 members (excludes halogenated alkanes) is 20. The van der Waals surface area contributed by atoms with Crippen LogP contribution in [0.15, 0.2) is 42.5 Å². The highest BCUT2D eigenvalue weighted by Gasteiger charge is 2.22. The van der Waals surface area contributed by atoms with Gasteiger partial charge in [0, 0.05) is 19.4 Å². The number of esters is 2. The number of quaternary nitrogens is 1. The van der Waals surface area contributed by atoms with Crippen molar-refractivity contribution in [3.8, 4) is 0 Å². The highest BCUT2D eigenvalue weighted by molar-refractivity contribution is 7.45. The van der Waals surface area contributed by atoms with Gasteiger partial charge in [-0.1, -0.05) is 171 Å². The van der Waals surface area contributed by atoms with Crippen molar-refractivity contribution in [1.82, 2.24) is 5.32 Å². The number of likely N-dealkylation sites (N-methyl/N-ethyl adjacent to an activating group) is 1. The van der Waals surface area contributed by atoms with Gasteiger partial charge in [-0.25, -0.2) is 0 Å². The molecule has 0 aliphatic carbocycles. The van der Waals surface area contributed by atoms with Gasteiger partial charge in [0.05, 0.1) is 34.2 Å². The number of benzene rings is 2. The Hall–Kier alpha value is -2.82. The molecule has 1 unspecified atom stereocenters. The minimum atomic E-state index is -4.65. The molecule has 0 aliphatic rings. The summed E-state index contributed by atoms with van der Waals surface area (Å²) in [5, 5.41) is 5.34. The molecule has 0 radical (unpaired) electrons. The molecule has 342 valence electrons. The first-order valence-electron chi connectivity index (χ1n) is 23.4. The molecule has 0 bridgehead atoms. The molecule has 0 saturated carbocycles. The fourth-order valence-corrected chi connectivity index (χ4v) is 7.81. The molecule has 0 spiro atoms. The molecule has 2 atom stereocenters. The van der Waals surface area contributed by atoms with Crippen LogP contribution in [0.3, 0.4) is 0 Å². The second kappa shape index (κ2) is 32.8. The van der Waals surface area contributed by atoms with Crippen LogP contribution >= 0.6 is 7.82 Å². The van der Waals surface area contributed by atoms with Crippen molar-refractivity contribution in [3.63, 3.8) is 0 Å². The quantitative estimate of drug-likeness (QED) is 0.0302. The van der Waals surface area contributed by atoms with E-state index in [1.165, 1.54) is 64.2 Å². The fourth-order valence-electron chi connectivity index (χ4n) is 7.09. The largest absolute Gasteiger partial charge is 0.756 e. The normalized spacial score (nSPS) is 13.2.